The Hall–Kier alpha value is -5.52. The number of phenols is 1. The van der Waals surface area contributed by atoms with Crippen molar-refractivity contribution >= 4 is 17.8 Å². The maximum Gasteiger partial charge on any atom is 0.310 e. The molecule has 7 rings (SSSR count). The summed E-state index contributed by atoms with van der Waals surface area (Å²) in [4.78, 5) is 24.7. The van der Waals surface area contributed by atoms with E-state index < -0.39 is 17.9 Å². The zero-order valence-corrected chi connectivity index (χ0v) is 25.3. The van der Waals surface area contributed by atoms with Crippen LogP contribution < -0.4 is 23.7 Å². The number of hydrogen-bond acceptors (Lipinski definition) is 11. The Morgan fingerprint density at radius 3 is 2.39 bits per heavy atom. The number of aromatic nitrogens is 3. The number of ether oxygens (including phenoxy) is 6. The number of ketones is 1. The molecule has 12 heteroatoms. The molecule has 236 valence electrons. The van der Waals surface area contributed by atoms with Gasteiger partial charge in [0, 0.05) is 11.8 Å². The molecule has 2 aliphatic heterocycles. The van der Waals surface area contributed by atoms with Crippen molar-refractivity contribution in [3.05, 3.63) is 88.8 Å². The van der Waals surface area contributed by atoms with Gasteiger partial charge in [0.2, 0.25) is 12.5 Å². The number of fused-ring (bicyclic) bond motifs is 3. The van der Waals surface area contributed by atoms with Crippen LogP contribution in [-0.4, -0.2) is 59.5 Å². The highest BCUT2D eigenvalue weighted by atomic mass is 16.7. The van der Waals surface area contributed by atoms with Gasteiger partial charge in [0.05, 0.1) is 39.0 Å². The van der Waals surface area contributed by atoms with Gasteiger partial charge in [-0.15, -0.1) is 5.10 Å². The number of esters is 1. The number of aromatic hydroxyl groups is 1. The minimum absolute atomic E-state index is 0.0227. The summed E-state index contributed by atoms with van der Waals surface area (Å²) in [7, 11) is 2.92. The van der Waals surface area contributed by atoms with Gasteiger partial charge in [-0.05, 0) is 71.7 Å². The Morgan fingerprint density at radius 1 is 1.02 bits per heavy atom. The number of rotatable bonds is 9. The second-order valence-electron chi connectivity index (χ2n) is 11.3. The van der Waals surface area contributed by atoms with Crippen LogP contribution in [0.2, 0.25) is 0 Å². The van der Waals surface area contributed by atoms with Crippen LogP contribution in [-0.2, 0) is 20.9 Å². The summed E-state index contributed by atoms with van der Waals surface area (Å²) in [5.41, 5.74) is 3.91. The van der Waals surface area contributed by atoms with Crippen LogP contribution in [0.4, 0.5) is 0 Å². The molecule has 0 spiro atoms. The number of hydrogen-bond donors (Lipinski definition) is 1. The number of cyclic esters (lactones) is 1. The van der Waals surface area contributed by atoms with Crippen LogP contribution in [0.25, 0.3) is 6.08 Å². The molecule has 4 aromatic rings. The average Bonchev–Trinajstić information content (AvgIpc) is 3.82. The van der Waals surface area contributed by atoms with Gasteiger partial charge in [-0.1, -0.05) is 23.4 Å². The molecule has 3 aromatic carbocycles. The molecule has 12 nitrogen and oxygen atoms in total. The predicted molar refractivity (Wildman–Crippen MR) is 162 cm³/mol. The number of allylic oxidation sites excluding steroid dienone is 1. The zero-order chi connectivity index (χ0) is 31.9. The van der Waals surface area contributed by atoms with Crippen molar-refractivity contribution in [3.63, 3.8) is 0 Å². The van der Waals surface area contributed by atoms with E-state index in [1.807, 2.05) is 42.6 Å². The molecule has 1 N–H and O–H groups in total. The molecule has 0 saturated carbocycles. The minimum atomic E-state index is -0.587. The Labute approximate surface area is 264 Å². The fourth-order valence-electron chi connectivity index (χ4n) is 6.53. The van der Waals surface area contributed by atoms with Crippen LogP contribution in [0.3, 0.4) is 0 Å². The summed E-state index contributed by atoms with van der Waals surface area (Å²) in [6.45, 7) is 1.94. The number of carbonyl (C=O) groups excluding carboxylic acids is 2. The number of nitrogens with zero attached hydrogens (tertiary/aromatic N) is 3. The summed E-state index contributed by atoms with van der Waals surface area (Å²) in [5, 5.41) is 19.5. The van der Waals surface area contributed by atoms with Crippen molar-refractivity contribution in [1.82, 2.24) is 15.0 Å². The molecule has 46 heavy (non-hydrogen) atoms. The lowest BCUT2D eigenvalue weighted by Crippen LogP contribution is -2.37. The number of methoxy groups -OCH3 is 2. The highest BCUT2D eigenvalue weighted by molar-refractivity contribution is 5.91. The lowest BCUT2D eigenvalue weighted by Gasteiger charge is -2.39. The monoisotopic (exact) mass is 625 g/mol. The van der Waals surface area contributed by atoms with Crippen molar-refractivity contribution in [3.8, 4) is 34.5 Å². The van der Waals surface area contributed by atoms with E-state index >= 15 is 0 Å². The first-order valence-corrected chi connectivity index (χ1v) is 14.7. The predicted octanol–water partition coefficient (Wildman–Crippen LogP) is 4.43. The van der Waals surface area contributed by atoms with Gasteiger partial charge in [-0.3, -0.25) is 9.59 Å². The topological polar surface area (TPSA) is 140 Å². The standard InChI is InChI=1S/C34H31N3O9/c1-18(38)4-5-19-6-8-22(9-7-19)43-15-21-14-37(36-35-21)32-24-13-27-26(45-17-46-27)12-23(24)30(31-25(32)16-44-34(31)40)20-10-28(41-2)33(39)29(11-20)42-3/h4-14,25,30-32,39H,15-17H2,1-3H3/b5-4+/t25-,30+,31-,32+/m0/s1. The van der Waals surface area contributed by atoms with Gasteiger partial charge in [-0.25, -0.2) is 4.68 Å². The van der Waals surface area contributed by atoms with Gasteiger partial charge in [0.1, 0.15) is 18.1 Å². The summed E-state index contributed by atoms with van der Waals surface area (Å²) >= 11 is 0. The Bertz CT molecular complexity index is 1820. The van der Waals surface area contributed by atoms with E-state index in [1.54, 1.807) is 22.9 Å². The molecule has 1 aromatic heterocycles. The van der Waals surface area contributed by atoms with Crippen molar-refractivity contribution in [2.75, 3.05) is 27.6 Å². The second-order valence-corrected chi connectivity index (χ2v) is 11.3. The summed E-state index contributed by atoms with van der Waals surface area (Å²) in [6.07, 6.45) is 5.07. The Kier molecular flexibility index (Phi) is 7.47. The van der Waals surface area contributed by atoms with Crippen LogP contribution in [0.15, 0.2) is 60.8 Å². The highest BCUT2D eigenvalue weighted by Crippen LogP contribution is 2.56. The minimum Gasteiger partial charge on any atom is -0.502 e. The quantitative estimate of drug-likeness (QED) is 0.209. The van der Waals surface area contributed by atoms with E-state index in [-0.39, 0.29) is 54.9 Å². The third kappa shape index (κ3) is 5.15. The molecule has 4 atom stereocenters. The van der Waals surface area contributed by atoms with Gasteiger partial charge >= 0.3 is 5.97 Å². The van der Waals surface area contributed by atoms with E-state index in [2.05, 4.69) is 10.3 Å². The highest BCUT2D eigenvalue weighted by Gasteiger charge is 2.53. The SMILES string of the molecule is COc1cc([C@@H]2c3cc4c(cc3[C@@H](n3cc(COc5ccc(/C=C/C(C)=O)cc5)nn3)[C@H]3COC(=O)[C@H]23)OCO4)cc(OC)c1O. The van der Waals surface area contributed by atoms with Crippen LogP contribution in [0.1, 0.15) is 46.8 Å². The van der Waals surface area contributed by atoms with Gasteiger partial charge in [0.25, 0.3) is 0 Å². The lowest BCUT2D eigenvalue weighted by molar-refractivity contribution is -0.141. The first-order valence-electron chi connectivity index (χ1n) is 14.7. The molecule has 3 heterocycles. The first kappa shape index (κ1) is 29.2. The van der Waals surface area contributed by atoms with Gasteiger partial charge in [0.15, 0.2) is 28.8 Å². The van der Waals surface area contributed by atoms with E-state index in [1.165, 1.54) is 27.2 Å². The molecule has 3 aliphatic rings. The van der Waals surface area contributed by atoms with Crippen molar-refractivity contribution in [2.45, 2.75) is 25.5 Å². The fourth-order valence-corrected chi connectivity index (χ4v) is 6.53. The number of phenolic OH excluding ortho intramolecular Hbond substituents is 1. The average molecular weight is 626 g/mol. The molecule has 0 unspecified atom stereocenters. The summed E-state index contributed by atoms with van der Waals surface area (Å²) < 4.78 is 35.8. The third-order valence-corrected chi connectivity index (χ3v) is 8.63. The zero-order valence-electron chi connectivity index (χ0n) is 25.3. The van der Waals surface area contributed by atoms with Crippen molar-refractivity contribution in [2.24, 2.45) is 11.8 Å². The molecular weight excluding hydrogens is 594 g/mol. The lowest BCUT2D eigenvalue weighted by atomic mass is 9.65. The van der Waals surface area contributed by atoms with Crippen LogP contribution >= 0.6 is 0 Å². The molecule has 1 fully saturated rings. The summed E-state index contributed by atoms with van der Waals surface area (Å²) in [6, 6.07) is 14.2. The van der Waals surface area contributed by atoms with E-state index in [4.69, 9.17) is 28.4 Å². The number of benzene rings is 3. The molecule has 0 radical (unpaired) electrons. The Balaban J connectivity index is 1.24. The van der Waals surface area contributed by atoms with Gasteiger partial charge in [-0.2, -0.15) is 0 Å². The second kappa shape index (κ2) is 11.8. The smallest absolute Gasteiger partial charge is 0.310 e. The third-order valence-electron chi connectivity index (χ3n) is 8.63. The first-order chi connectivity index (χ1) is 22.3. The van der Waals surface area contributed by atoms with E-state index in [0.29, 0.717) is 22.9 Å². The molecular formula is C34H31N3O9. The van der Waals surface area contributed by atoms with Gasteiger partial charge < -0.3 is 33.5 Å². The maximum atomic E-state index is 13.5. The summed E-state index contributed by atoms with van der Waals surface area (Å²) in [5.74, 6) is 0.416. The van der Waals surface area contributed by atoms with E-state index in [0.717, 1.165) is 22.3 Å². The molecule has 1 aliphatic carbocycles. The van der Waals surface area contributed by atoms with Crippen LogP contribution in [0.5, 0.6) is 34.5 Å². The number of carbonyl (C=O) groups is 2. The van der Waals surface area contributed by atoms with Crippen LogP contribution in [0, 0.1) is 11.8 Å². The molecule has 1 saturated heterocycles. The van der Waals surface area contributed by atoms with Crippen molar-refractivity contribution in [1.29, 1.82) is 0 Å². The largest absolute Gasteiger partial charge is 0.502 e. The molecule has 0 amide bonds. The van der Waals surface area contributed by atoms with E-state index in [9.17, 15) is 14.7 Å². The molecule has 0 bridgehead atoms. The Morgan fingerprint density at radius 2 is 1.72 bits per heavy atom. The fraction of sp³-hybridized carbons (Fsp3) is 0.294. The maximum absolute atomic E-state index is 13.5. The van der Waals surface area contributed by atoms with Crippen molar-refractivity contribution < 1.29 is 43.1 Å². The normalized spacial score (nSPS) is 21.1.